The number of rotatable bonds is 7. The molecule has 5 nitrogen and oxygen atoms in total. The summed E-state index contributed by atoms with van der Waals surface area (Å²) in [6.07, 6.45) is 1.15. The number of likely N-dealkylation sites (tertiary alicyclic amines) is 1. The van der Waals surface area contributed by atoms with Crippen molar-refractivity contribution in [2.75, 3.05) is 47.1 Å². The fraction of sp³-hybridized carbons (Fsp3) is 0.588. The van der Waals surface area contributed by atoms with Crippen LogP contribution >= 0.6 is 0 Å². The Morgan fingerprint density at radius 3 is 2.86 bits per heavy atom. The zero-order valence-electron chi connectivity index (χ0n) is 13.6. The predicted molar refractivity (Wildman–Crippen MR) is 89.0 cm³/mol. The van der Waals surface area contributed by atoms with Crippen LogP contribution in [0, 0.1) is 5.92 Å². The fourth-order valence-electron chi connectivity index (χ4n) is 2.66. The summed E-state index contributed by atoms with van der Waals surface area (Å²) in [7, 11) is 3.54. The van der Waals surface area contributed by atoms with Gasteiger partial charge in [-0.2, -0.15) is 0 Å². The zero-order valence-corrected chi connectivity index (χ0v) is 13.6. The van der Waals surface area contributed by atoms with E-state index in [9.17, 15) is 0 Å². The van der Waals surface area contributed by atoms with Crippen molar-refractivity contribution in [3.05, 3.63) is 35.9 Å². The van der Waals surface area contributed by atoms with E-state index in [0.717, 1.165) is 38.6 Å². The Hall–Kier alpha value is -1.59. The van der Waals surface area contributed by atoms with Crippen LogP contribution in [0.3, 0.4) is 0 Å². The number of guanidine groups is 1. The van der Waals surface area contributed by atoms with Crippen LogP contribution in [0.25, 0.3) is 0 Å². The maximum atomic E-state index is 5.64. The van der Waals surface area contributed by atoms with Gasteiger partial charge in [-0.05, 0) is 12.0 Å². The molecule has 0 aromatic heterocycles. The quantitative estimate of drug-likeness (QED) is 0.473. The average Bonchev–Trinajstić information content (AvgIpc) is 3.02. The van der Waals surface area contributed by atoms with Gasteiger partial charge in [0.25, 0.3) is 0 Å². The number of methoxy groups -OCH3 is 1. The number of ether oxygens (including phenoxy) is 2. The first kappa shape index (κ1) is 16.8. The highest BCUT2D eigenvalue weighted by Gasteiger charge is 2.24. The SMILES string of the molecule is CN=C(NCc1ccccc1)N1CCC(COCCOC)C1. The Labute approximate surface area is 133 Å². The summed E-state index contributed by atoms with van der Waals surface area (Å²) >= 11 is 0. The Balaban J connectivity index is 1.73. The molecule has 1 aliphatic rings. The molecule has 0 bridgehead atoms. The van der Waals surface area contributed by atoms with E-state index in [1.165, 1.54) is 5.56 Å². The van der Waals surface area contributed by atoms with Crippen LogP contribution in [-0.2, 0) is 16.0 Å². The number of benzene rings is 1. The van der Waals surface area contributed by atoms with Gasteiger partial charge in [-0.15, -0.1) is 0 Å². The molecule has 0 spiro atoms. The van der Waals surface area contributed by atoms with E-state index in [-0.39, 0.29) is 0 Å². The number of hydrogen-bond acceptors (Lipinski definition) is 3. The summed E-state index contributed by atoms with van der Waals surface area (Å²) in [5.74, 6) is 1.55. The second-order valence-corrected chi connectivity index (χ2v) is 5.55. The predicted octanol–water partition coefficient (Wildman–Crippen LogP) is 1.75. The lowest BCUT2D eigenvalue weighted by Gasteiger charge is -2.21. The topological polar surface area (TPSA) is 46.1 Å². The minimum Gasteiger partial charge on any atom is -0.382 e. The molecule has 1 N–H and O–H groups in total. The van der Waals surface area contributed by atoms with Crippen LogP contribution in [0.15, 0.2) is 35.3 Å². The van der Waals surface area contributed by atoms with Crippen LogP contribution in [0.2, 0.25) is 0 Å². The average molecular weight is 305 g/mol. The minimum atomic E-state index is 0.576. The van der Waals surface area contributed by atoms with Crippen LogP contribution in [0.1, 0.15) is 12.0 Å². The van der Waals surface area contributed by atoms with Crippen molar-refractivity contribution in [2.24, 2.45) is 10.9 Å². The van der Waals surface area contributed by atoms with E-state index in [4.69, 9.17) is 9.47 Å². The van der Waals surface area contributed by atoms with E-state index in [0.29, 0.717) is 19.1 Å². The monoisotopic (exact) mass is 305 g/mol. The van der Waals surface area contributed by atoms with Crippen molar-refractivity contribution < 1.29 is 9.47 Å². The first-order chi connectivity index (χ1) is 10.8. The fourth-order valence-corrected chi connectivity index (χ4v) is 2.66. The molecule has 0 saturated carbocycles. The van der Waals surface area contributed by atoms with Crippen molar-refractivity contribution in [3.8, 4) is 0 Å². The molecule has 0 radical (unpaired) electrons. The van der Waals surface area contributed by atoms with Crippen molar-refractivity contribution >= 4 is 5.96 Å². The Kier molecular flexibility index (Phi) is 7.19. The molecule has 1 saturated heterocycles. The molecule has 1 unspecified atom stereocenters. The second-order valence-electron chi connectivity index (χ2n) is 5.55. The van der Waals surface area contributed by atoms with Crippen molar-refractivity contribution in [1.29, 1.82) is 0 Å². The van der Waals surface area contributed by atoms with E-state index in [1.807, 2.05) is 13.1 Å². The largest absolute Gasteiger partial charge is 0.382 e. The highest BCUT2D eigenvalue weighted by Crippen LogP contribution is 2.16. The van der Waals surface area contributed by atoms with Gasteiger partial charge in [0, 0.05) is 39.7 Å². The third-order valence-corrected chi connectivity index (χ3v) is 3.88. The highest BCUT2D eigenvalue weighted by atomic mass is 16.5. The number of hydrogen-bond donors (Lipinski definition) is 1. The summed E-state index contributed by atoms with van der Waals surface area (Å²) in [5, 5.41) is 3.44. The Morgan fingerprint density at radius 1 is 1.32 bits per heavy atom. The third kappa shape index (κ3) is 5.31. The van der Waals surface area contributed by atoms with Gasteiger partial charge in [0.1, 0.15) is 0 Å². The number of nitrogens with one attached hydrogen (secondary N) is 1. The third-order valence-electron chi connectivity index (χ3n) is 3.88. The van der Waals surface area contributed by atoms with Crippen LogP contribution in [-0.4, -0.2) is 57.9 Å². The first-order valence-corrected chi connectivity index (χ1v) is 7.89. The molecule has 122 valence electrons. The first-order valence-electron chi connectivity index (χ1n) is 7.89. The van der Waals surface area contributed by atoms with Crippen molar-refractivity contribution in [1.82, 2.24) is 10.2 Å². The molecule has 1 atom stereocenters. The lowest BCUT2D eigenvalue weighted by molar-refractivity contribution is 0.0536. The number of nitrogens with zero attached hydrogens (tertiary/aromatic N) is 2. The van der Waals surface area contributed by atoms with E-state index in [1.54, 1.807) is 7.11 Å². The molecule has 1 aromatic rings. The van der Waals surface area contributed by atoms with Gasteiger partial charge in [-0.1, -0.05) is 30.3 Å². The highest BCUT2D eigenvalue weighted by molar-refractivity contribution is 5.80. The zero-order chi connectivity index (χ0) is 15.6. The lowest BCUT2D eigenvalue weighted by Crippen LogP contribution is -2.39. The number of aliphatic imine (C=N–C) groups is 1. The van der Waals surface area contributed by atoms with Gasteiger partial charge in [-0.3, -0.25) is 4.99 Å². The normalized spacial score (nSPS) is 18.7. The van der Waals surface area contributed by atoms with E-state index in [2.05, 4.69) is 39.5 Å². The summed E-state index contributed by atoms with van der Waals surface area (Å²) in [6.45, 7) is 4.98. The molecule has 1 aromatic carbocycles. The van der Waals surface area contributed by atoms with Gasteiger partial charge in [0.15, 0.2) is 5.96 Å². The molecule has 0 amide bonds. The smallest absolute Gasteiger partial charge is 0.193 e. The molecular weight excluding hydrogens is 278 g/mol. The van der Waals surface area contributed by atoms with Crippen LogP contribution in [0.4, 0.5) is 0 Å². The summed E-state index contributed by atoms with van der Waals surface area (Å²) in [5.41, 5.74) is 1.27. The molecule has 0 aliphatic carbocycles. The van der Waals surface area contributed by atoms with Crippen LogP contribution in [0.5, 0.6) is 0 Å². The van der Waals surface area contributed by atoms with E-state index < -0.39 is 0 Å². The van der Waals surface area contributed by atoms with Gasteiger partial charge in [-0.25, -0.2) is 0 Å². The lowest BCUT2D eigenvalue weighted by atomic mass is 10.1. The summed E-state index contributed by atoms with van der Waals surface area (Å²) < 4.78 is 10.6. The van der Waals surface area contributed by atoms with Gasteiger partial charge >= 0.3 is 0 Å². The molecule has 5 heteroatoms. The summed E-state index contributed by atoms with van der Waals surface area (Å²) in [6, 6.07) is 10.4. The van der Waals surface area contributed by atoms with Gasteiger partial charge in [0.2, 0.25) is 0 Å². The Bertz CT molecular complexity index is 450. The molecule has 1 fully saturated rings. The standard InChI is InChI=1S/C17H27N3O2/c1-18-17(19-12-15-6-4-3-5-7-15)20-9-8-16(13-20)14-22-11-10-21-2/h3-7,16H,8-14H2,1-2H3,(H,18,19). The van der Waals surface area contributed by atoms with Gasteiger partial charge < -0.3 is 19.7 Å². The molecule has 22 heavy (non-hydrogen) atoms. The maximum Gasteiger partial charge on any atom is 0.193 e. The maximum absolute atomic E-state index is 5.64. The van der Waals surface area contributed by atoms with Crippen LogP contribution < -0.4 is 5.32 Å². The molecular formula is C17H27N3O2. The van der Waals surface area contributed by atoms with Crippen molar-refractivity contribution in [3.63, 3.8) is 0 Å². The minimum absolute atomic E-state index is 0.576. The Morgan fingerprint density at radius 2 is 2.14 bits per heavy atom. The second kappa shape index (κ2) is 9.43. The van der Waals surface area contributed by atoms with Crippen molar-refractivity contribution in [2.45, 2.75) is 13.0 Å². The summed E-state index contributed by atoms with van der Waals surface area (Å²) in [4.78, 5) is 6.71. The molecule has 1 aliphatic heterocycles. The van der Waals surface area contributed by atoms with Gasteiger partial charge in [0.05, 0.1) is 19.8 Å². The van der Waals surface area contributed by atoms with E-state index >= 15 is 0 Å². The molecule has 1 heterocycles. The molecule has 2 rings (SSSR count).